The fourth-order valence-corrected chi connectivity index (χ4v) is 2.31. The number of anilines is 1. The molecule has 0 fully saturated rings. The Labute approximate surface area is 138 Å². The molecule has 0 spiro atoms. The Morgan fingerprint density at radius 2 is 1.88 bits per heavy atom. The van der Waals surface area contributed by atoms with Gasteiger partial charge >= 0.3 is 0 Å². The van der Waals surface area contributed by atoms with Crippen LogP contribution >= 0.6 is 0 Å². The van der Waals surface area contributed by atoms with Gasteiger partial charge in [-0.25, -0.2) is 9.37 Å². The van der Waals surface area contributed by atoms with Gasteiger partial charge in [0.2, 0.25) is 0 Å². The quantitative estimate of drug-likeness (QED) is 0.802. The van der Waals surface area contributed by atoms with E-state index >= 15 is 0 Å². The molecule has 0 radical (unpaired) electrons. The number of nitrogens with one attached hydrogen (secondary N) is 1. The van der Waals surface area contributed by atoms with Crippen molar-refractivity contribution in [1.29, 1.82) is 5.26 Å². The van der Waals surface area contributed by atoms with E-state index in [1.807, 2.05) is 36.4 Å². The molecule has 1 aromatic heterocycles. The van der Waals surface area contributed by atoms with Crippen LogP contribution in [0.1, 0.15) is 21.6 Å². The number of hydrogen-bond acceptors (Lipinski definition) is 3. The first-order valence-corrected chi connectivity index (χ1v) is 7.24. The molecule has 1 amide bonds. The molecule has 1 N–H and O–H groups in total. The maximum Gasteiger partial charge on any atom is 0.259 e. The Kier molecular flexibility index (Phi) is 4.34. The van der Waals surface area contributed by atoms with Crippen molar-refractivity contribution < 1.29 is 9.18 Å². The number of carbonyl (C=O) groups is 1. The number of hydrogen-bond donors (Lipinski definition) is 1. The predicted octanol–water partition coefficient (Wildman–Crippen LogP) is 3.19. The van der Waals surface area contributed by atoms with Crippen molar-refractivity contribution in [3.63, 3.8) is 0 Å². The summed E-state index contributed by atoms with van der Waals surface area (Å²) in [5.74, 6) is -1.16. The van der Waals surface area contributed by atoms with E-state index in [0.717, 1.165) is 5.56 Å². The summed E-state index contributed by atoms with van der Waals surface area (Å²) in [5, 5.41) is 11.9. The maximum absolute atomic E-state index is 13.7. The van der Waals surface area contributed by atoms with Crippen LogP contribution in [-0.4, -0.2) is 15.5 Å². The summed E-state index contributed by atoms with van der Waals surface area (Å²) in [4.78, 5) is 16.2. The van der Waals surface area contributed by atoms with Crippen LogP contribution in [0.15, 0.2) is 60.9 Å². The summed E-state index contributed by atoms with van der Waals surface area (Å²) in [7, 11) is 0. The van der Waals surface area contributed by atoms with Crippen LogP contribution in [0.5, 0.6) is 0 Å². The molecular weight excluding hydrogens is 307 g/mol. The SMILES string of the molecule is N#Cc1c(NC(=O)c2ccccc2F)ncn1Cc1ccccc1. The van der Waals surface area contributed by atoms with E-state index in [1.54, 1.807) is 10.6 Å². The summed E-state index contributed by atoms with van der Waals surface area (Å²) in [6.07, 6.45) is 1.47. The number of nitriles is 1. The van der Waals surface area contributed by atoms with E-state index in [4.69, 9.17) is 0 Å². The third-order valence-electron chi connectivity index (χ3n) is 3.49. The van der Waals surface area contributed by atoms with Crippen LogP contribution in [0.4, 0.5) is 10.2 Å². The van der Waals surface area contributed by atoms with Crippen molar-refractivity contribution >= 4 is 11.7 Å². The Bertz CT molecular complexity index is 912. The van der Waals surface area contributed by atoms with Crippen molar-refractivity contribution in [2.24, 2.45) is 0 Å². The Balaban J connectivity index is 1.84. The lowest BCUT2D eigenvalue weighted by molar-refractivity contribution is 0.102. The smallest absolute Gasteiger partial charge is 0.259 e. The molecule has 118 valence electrons. The molecule has 0 unspecified atom stereocenters. The van der Waals surface area contributed by atoms with E-state index in [-0.39, 0.29) is 17.1 Å². The minimum absolute atomic E-state index is 0.0981. The number of amides is 1. The molecule has 3 rings (SSSR count). The predicted molar refractivity (Wildman–Crippen MR) is 86.8 cm³/mol. The van der Waals surface area contributed by atoms with E-state index in [1.165, 1.54) is 24.5 Å². The fourth-order valence-electron chi connectivity index (χ4n) is 2.31. The van der Waals surface area contributed by atoms with Crippen LogP contribution in [0.3, 0.4) is 0 Å². The van der Waals surface area contributed by atoms with Crippen molar-refractivity contribution in [2.45, 2.75) is 6.54 Å². The van der Waals surface area contributed by atoms with Gasteiger partial charge in [-0.2, -0.15) is 5.26 Å². The molecular formula is C18H13FN4O. The number of benzene rings is 2. The number of imidazole rings is 1. The molecule has 1 heterocycles. The Hall–Kier alpha value is -3.46. The second-order valence-corrected chi connectivity index (χ2v) is 5.10. The standard InChI is InChI=1S/C18H13FN4O/c19-15-9-5-4-8-14(15)18(24)22-17-16(10-20)23(12-21-17)11-13-6-2-1-3-7-13/h1-9,12H,11H2,(H,22,24). The zero-order chi connectivity index (χ0) is 16.9. The van der Waals surface area contributed by atoms with Gasteiger partial charge in [0.15, 0.2) is 11.5 Å². The molecule has 6 heteroatoms. The molecule has 3 aromatic rings. The van der Waals surface area contributed by atoms with Crippen LogP contribution < -0.4 is 5.32 Å². The molecule has 0 bridgehead atoms. The molecule has 2 aromatic carbocycles. The van der Waals surface area contributed by atoms with Crippen LogP contribution in [-0.2, 0) is 6.54 Å². The molecule has 24 heavy (non-hydrogen) atoms. The van der Waals surface area contributed by atoms with Gasteiger partial charge in [0.05, 0.1) is 11.9 Å². The zero-order valence-electron chi connectivity index (χ0n) is 12.6. The number of halogens is 1. The Morgan fingerprint density at radius 1 is 1.17 bits per heavy atom. The van der Waals surface area contributed by atoms with Gasteiger partial charge in [-0.05, 0) is 17.7 Å². The van der Waals surface area contributed by atoms with E-state index < -0.39 is 11.7 Å². The largest absolute Gasteiger partial charge is 0.316 e. The fraction of sp³-hybridized carbons (Fsp3) is 0.0556. The average molecular weight is 320 g/mol. The van der Waals surface area contributed by atoms with Crippen LogP contribution in [0, 0.1) is 17.1 Å². The monoisotopic (exact) mass is 320 g/mol. The summed E-state index contributed by atoms with van der Waals surface area (Å²) >= 11 is 0. The van der Waals surface area contributed by atoms with Crippen molar-refractivity contribution in [3.8, 4) is 6.07 Å². The number of aromatic nitrogens is 2. The number of carbonyl (C=O) groups excluding carboxylic acids is 1. The van der Waals surface area contributed by atoms with Crippen LogP contribution in [0.2, 0.25) is 0 Å². The first-order chi connectivity index (χ1) is 11.7. The summed E-state index contributed by atoms with van der Waals surface area (Å²) in [5.41, 5.74) is 1.11. The normalized spacial score (nSPS) is 10.2. The minimum atomic E-state index is -0.644. The highest BCUT2D eigenvalue weighted by molar-refractivity contribution is 6.04. The second-order valence-electron chi connectivity index (χ2n) is 5.10. The van der Waals surface area contributed by atoms with Crippen molar-refractivity contribution in [3.05, 3.63) is 83.6 Å². The average Bonchev–Trinajstić information content (AvgIpc) is 2.97. The number of rotatable bonds is 4. The Morgan fingerprint density at radius 3 is 2.58 bits per heavy atom. The highest BCUT2D eigenvalue weighted by atomic mass is 19.1. The van der Waals surface area contributed by atoms with Gasteiger partial charge in [0.1, 0.15) is 11.9 Å². The lowest BCUT2D eigenvalue weighted by Gasteiger charge is -2.06. The summed E-state index contributed by atoms with van der Waals surface area (Å²) in [6, 6.07) is 17.2. The molecule has 0 saturated carbocycles. The number of nitrogens with zero attached hydrogens (tertiary/aromatic N) is 3. The van der Waals surface area contributed by atoms with Gasteiger partial charge in [-0.3, -0.25) is 4.79 Å². The van der Waals surface area contributed by atoms with Gasteiger partial charge in [0, 0.05) is 6.54 Å². The van der Waals surface area contributed by atoms with E-state index in [0.29, 0.717) is 6.54 Å². The highest BCUT2D eigenvalue weighted by Gasteiger charge is 2.16. The molecule has 0 atom stereocenters. The first-order valence-electron chi connectivity index (χ1n) is 7.24. The van der Waals surface area contributed by atoms with Crippen LogP contribution in [0.25, 0.3) is 0 Å². The maximum atomic E-state index is 13.7. The molecule has 0 aliphatic rings. The second kappa shape index (κ2) is 6.75. The topological polar surface area (TPSA) is 70.7 Å². The van der Waals surface area contributed by atoms with E-state index in [2.05, 4.69) is 10.3 Å². The molecule has 0 saturated heterocycles. The molecule has 5 nitrogen and oxygen atoms in total. The highest BCUT2D eigenvalue weighted by Crippen LogP contribution is 2.16. The van der Waals surface area contributed by atoms with Gasteiger partial charge in [-0.1, -0.05) is 42.5 Å². The molecule has 0 aliphatic heterocycles. The van der Waals surface area contributed by atoms with Gasteiger partial charge < -0.3 is 9.88 Å². The minimum Gasteiger partial charge on any atom is -0.316 e. The lowest BCUT2D eigenvalue weighted by atomic mass is 10.2. The third-order valence-corrected chi connectivity index (χ3v) is 3.49. The van der Waals surface area contributed by atoms with Crippen molar-refractivity contribution in [2.75, 3.05) is 5.32 Å². The summed E-state index contributed by atoms with van der Waals surface area (Å²) < 4.78 is 15.3. The van der Waals surface area contributed by atoms with Crippen molar-refractivity contribution in [1.82, 2.24) is 9.55 Å². The molecule has 0 aliphatic carbocycles. The zero-order valence-corrected chi connectivity index (χ0v) is 12.6. The lowest BCUT2D eigenvalue weighted by Crippen LogP contribution is -2.15. The summed E-state index contributed by atoms with van der Waals surface area (Å²) in [6.45, 7) is 0.451. The van der Waals surface area contributed by atoms with Gasteiger partial charge in [-0.15, -0.1) is 0 Å². The van der Waals surface area contributed by atoms with Gasteiger partial charge in [0.25, 0.3) is 5.91 Å². The first kappa shape index (κ1) is 15.4. The third kappa shape index (κ3) is 3.15. The van der Waals surface area contributed by atoms with E-state index in [9.17, 15) is 14.4 Å².